The molecule has 0 fully saturated rings. The lowest BCUT2D eigenvalue weighted by Gasteiger charge is -2.26. The molecule has 2 atom stereocenters. The molecule has 21 heavy (non-hydrogen) atoms. The van der Waals surface area contributed by atoms with Gasteiger partial charge < -0.3 is 14.8 Å². The molecule has 1 aromatic carbocycles. The molecule has 0 bridgehead atoms. The van der Waals surface area contributed by atoms with Crippen LogP contribution in [-0.4, -0.2) is 20.8 Å². The lowest BCUT2D eigenvalue weighted by molar-refractivity contribution is 0.345. The number of ether oxygens (including phenoxy) is 2. The van der Waals surface area contributed by atoms with Gasteiger partial charge >= 0.3 is 0 Å². The summed E-state index contributed by atoms with van der Waals surface area (Å²) in [5, 5.41) is 4.23. The van der Waals surface area contributed by atoms with E-state index in [-0.39, 0.29) is 6.04 Å². The molecule has 3 nitrogen and oxygen atoms in total. The average molecular weight is 314 g/mol. The van der Waals surface area contributed by atoms with Crippen molar-refractivity contribution in [3.63, 3.8) is 0 Å². The third kappa shape index (κ3) is 4.79. The summed E-state index contributed by atoms with van der Waals surface area (Å²) in [6.45, 7) is 7.66. The minimum absolute atomic E-state index is 0.280. The van der Waals surface area contributed by atoms with Crippen molar-refractivity contribution >= 4 is 11.6 Å². The molecular weight excluding hydrogens is 286 g/mol. The molecule has 1 rings (SSSR count). The third-order valence-corrected chi connectivity index (χ3v) is 4.02. The van der Waals surface area contributed by atoms with Crippen LogP contribution in [0.4, 0.5) is 0 Å². The van der Waals surface area contributed by atoms with Crippen LogP contribution in [0.15, 0.2) is 12.1 Å². The molecule has 0 spiro atoms. The lowest BCUT2D eigenvalue weighted by Crippen LogP contribution is -2.27. The van der Waals surface area contributed by atoms with Crippen LogP contribution in [0.2, 0.25) is 5.02 Å². The maximum Gasteiger partial charge on any atom is 0.179 e. The van der Waals surface area contributed by atoms with E-state index in [1.54, 1.807) is 14.2 Å². The van der Waals surface area contributed by atoms with E-state index in [9.17, 15) is 0 Å². The molecule has 0 aliphatic heterocycles. The Hall–Kier alpha value is -0.930. The van der Waals surface area contributed by atoms with Gasteiger partial charge in [0.1, 0.15) is 0 Å². The van der Waals surface area contributed by atoms with Crippen LogP contribution in [0.3, 0.4) is 0 Å². The zero-order valence-corrected chi connectivity index (χ0v) is 14.6. The fourth-order valence-corrected chi connectivity index (χ4v) is 2.98. The molecule has 1 N–H and O–H groups in total. The molecule has 0 radical (unpaired) electrons. The normalized spacial score (nSPS) is 13.8. The van der Waals surface area contributed by atoms with Crippen LogP contribution in [0.5, 0.6) is 11.5 Å². The minimum atomic E-state index is 0.280. The van der Waals surface area contributed by atoms with Crippen LogP contribution >= 0.6 is 11.6 Å². The third-order valence-electron chi connectivity index (χ3n) is 3.74. The summed E-state index contributed by atoms with van der Waals surface area (Å²) in [5.74, 6) is 1.82. The van der Waals surface area contributed by atoms with E-state index in [2.05, 4.69) is 26.1 Å². The summed E-state index contributed by atoms with van der Waals surface area (Å²) in [4.78, 5) is 0. The first-order chi connectivity index (χ1) is 10.1. The maximum atomic E-state index is 6.34. The highest BCUT2D eigenvalue weighted by Crippen LogP contribution is 2.39. The topological polar surface area (TPSA) is 30.5 Å². The Balaban J connectivity index is 3.14. The van der Waals surface area contributed by atoms with Gasteiger partial charge in [-0.2, -0.15) is 0 Å². The number of methoxy groups -OCH3 is 2. The molecule has 0 amide bonds. The summed E-state index contributed by atoms with van der Waals surface area (Å²) < 4.78 is 10.7. The van der Waals surface area contributed by atoms with Crippen molar-refractivity contribution in [3.05, 3.63) is 22.7 Å². The number of halogens is 1. The van der Waals surface area contributed by atoms with Crippen molar-refractivity contribution in [2.75, 3.05) is 20.8 Å². The van der Waals surface area contributed by atoms with Gasteiger partial charge in [-0.05, 0) is 43.0 Å². The van der Waals surface area contributed by atoms with E-state index >= 15 is 0 Å². The van der Waals surface area contributed by atoms with Crippen molar-refractivity contribution < 1.29 is 9.47 Å². The van der Waals surface area contributed by atoms with Crippen LogP contribution in [0.1, 0.15) is 51.6 Å². The van der Waals surface area contributed by atoms with Gasteiger partial charge in [-0.25, -0.2) is 0 Å². The second-order valence-electron chi connectivity index (χ2n) is 5.44. The van der Waals surface area contributed by atoms with Crippen molar-refractivity contribution in [2.45, 2.75) is 46.1 Å². The number of hydrogen-bond acceptors (Lipinski definition) is 3. The second-order valence-corrected chi connectivity index (χ2v) is 5.84. The average Bonchev–Trinajstić information content (AvgIpc) is 2.47. The predicted octanol–water partition coefficient (Wildman–Crippen LogP) is 4.83. The van der Waals surface area contributed by atoms with Crippen molar-refractivity contribution in [2.24, 2.45) is 5.92 Å². The molecule has 4 heteroatoms. The lowest BCUT2D eigenvalue weighted by atomic mass is 9.90. The van der Waals surface area contributed by atoms with Crippen LogP contribution in [-0.2, 0) is 0 Å². The quantitative estimate of drug-likeness (QED) is 0.708. The summed E-state index contributed by atoms with van der Waals surface area (Å²) >= 11 is 6.34. The second kappa shape index (κ2) is 9.16. The molecule has 0 aromatic heterocycles. The van der Waals surface area contributed by atoms with Gasteiger partial charge in [0, 0.05) is 6.04 Å². The maximum absolute atomic E-state index is 6.34. The monoisotopic (exact) mass is 313 g/mol. The SMILES string of the molecule is CCCNC(c1cc(Cl)c(OC)c(OC)c1)C(C)CCC. The summed E-state index contributed by atoms with van der Waals surface area (Å²) in [6, 6.07) is 4.30. The Morgan fingerprint density at radius 1 is 1.14 bits per heavy atom. The van der Waals surface area contributed by atoms with Crippen molar-refractivity contribution in [3.8, 4) is 11.5 Å². The zero-order chi connectivity index (χ0) is 15.8. The van der Waals surface area contributed by atoms with E-state index in [0.717, 1.165) is 18.5 Å². The number of hydrogen-bond donors (Lipinski definition) is 1. The first-order valence-corrected chi connectivity index (χ1v) is 8.11. The van der Waals surface area contributed by atoms with Gasteiger partial charge in [-0.1, -0.05) is 38.8 Å². The van der Waals surface area contributed by atoms with E-state index in [0.29, 0.717) is 22.4 Å². The Morgan fingerprint density at radius 2 is 1.86 bits per heavy atom. The largest absolute Gasteiger partial charge is 0.493 e. The van der Waals surface area contributed by atoms with E-state index in [1.165, 1.54) is 12.8 Å². The highest BCUT2D eigenvalue weighted by atomic mass is 35.5. The first kappa shape index (κ1) is 18.1. The molecule has 0 aliphatic rings. The number of nitrogens with one attached hydrogen (secondary N) is 1. The minimum Gasteiger partial charge on any atom is -0.493 e. The summed E-state index contributed by atoms with van der Waals surface area (Å²) in [5.41, 5.74) is 1.16. The first-order valence-electron chi connectivity index (χ1n) is 7.73. The van der Waals surface area contributed by atoms with Crippen LogP contribution in [0, 0.1) is 5.92 Å². The molecule has 0 saturated carbocycles. The fourth-order valence-electron chi connectivity index (χ4n) is 2.69. The van der Waals surface area contributed by atoms with Gasteiger partial charge in [0.05, 0.1) is 19.2 Å². The highest BCUT2D eigenvalue weighted by Gasteiger charge is 2.21. The van der Waals surface area contributed by atoms with Crippen molar-refractivity contribution in [1.29, 1.82) is 0 Å². The van der Waals surface area contributed by atoms with Gasteiger partial charge in [-0.3, -0.25) is 0 Å². The predicted molar refractivity (Wildman–Crippen MR) is 89.7 cm³/mol. The fraction of sp³-hybridized carbons (Fsp3) is 0.647. The molecule has 1 aromatic rings. The standard InChI is InChI=1S/C17H28ClNO2/c1-6-8-12(3)16(19-9-7-2)13-10-14(18)17(21-5)15(11-13)20-4/h10-12,16,19H,6-9H2,1-5H3. The molecule has 0 saturated heterocycles. The Bertz CT molecular complexity index is 437. The number of rotatable bonds is 9. The van der Waals surface area contributed by atoms with Crippen LogP contribution < -0.4 is 14.8 Å². The summed E-state index contributed by atoms with van der Waals surface area (Å²) in [7, 11) is 3.25. The molecule has 0 aliphatic carbocycles. The summed E-state index contributed by atoms with van der Waals surface area (Å²) in [6.07, 6.45) is 3.45. The van der Waals surface area contributed by atoms with Crippen LogP contribution in [0.25, 0.3) is 0 Å². The highest BCUT2D eigenvalue weighted by molar-refractivity contribution is 6.32. The Labute approximate surface area is 134 Å². The number of benzene rings is 1. The van der Waals surface area contributed by atoms with Gasteiger partial charge in [-0.15, -0.1) is 0 Å². The molecule has 120 valence electrons. The van der Waals surface area contributed by atoms with E-state index in [1.807, 2.05) is 12.1 Å². The molecular formula is C17H28ClNO2. The smallest absolute Gasteiger partial charge is 0.179 e. The van der Waals surface area contributed by atoms with Crippen molar-refractivity contribution in [1.82, 2.24) is 5.32 Å². The van der Waals surface area contributed by atoms with Gasteiger partial charge in [0.15, 0.2) is 11.5 Å². The van der Waals surface area contributed by atoms with E-state index < -0.39 is 0 Å². The van der Waals surface area contributed by atoms with Gasteiger partial charge in [0.25, 0.3) is 0 Å². The molecule has 0 heterocycles. The Kier molecular flexibility index (Phi) is 7.91. The molecule has 2 unspecified atom stereocenters. The van der Waals surface area contributed by atoms with Gasteiger partial charge in [0.2, 0.25) is 0 Å². The zero-order valence-electron chi connectivity index (χ0n) is 13.8. The Morgan fingerprint density at radius 3 is 2.38 bits per heavy atom. The van der Waals surface area contributed by atoms with E-state index in [4.69, 9.17) is 21.1 Å².